The number of hydrogen-bond donors (Lipinski definition) is 3. The summed E-state index contributed by atoms with van der Waals surface area (Å²) in [6.07, 6.45) is 2.12. The topological polar surface area (TPSA) is 91.7 Å². The number of aliphatic hydroxyl groups is 1. The molecule has 0 aliphatic rings. The van der Waals surface area contributed by atoms with Crippen molar-refractivity contribution in [2.75, 3.05) is 6.54 Å². The molecule has 1 amide bonds. The molecule has 128 valence electrons. The summed E-state index contributed by atoms with van der Waals surface area (Å²) in [6, 6.07) is 5.46. The average molecular weight is 334 g/mol. The molecule has 3 N–H and O–H groups in total. The summed E-state index contributed by atoms with van der Waals surface area (Å²) >= 11 is 0. The van der Waals surface area contributed by atoms with Crippen molar-refractivity contribution in [2.24, 2.45) is 0 Å². The highest BCUT2D eigenvalue weighted by molar-refractivity contribution is 5.95. The Morgan fingerprint density at radius 3 is 2.67 bits per heavy atom. The van der Waals surface area contributed by atoms with E-state index < -0.39 is 12.5 Å². The number of benzene rings is 1. The normalized spacial score (nSPS) is 10.5. The first-order valence-corrected chi connectivity index (χ1v) is 7.54. The van der Waals surface area contributed by atoms with Crippen molar-refractivity contribution in [3.8, 4) is 11.5 Å². The van der Waals surface area contributed by atoms with E-state index in [0.717, 1.165) is 6.42 Å². The van der Waals surface area contributed by atoms with E-state index in [0.29, 0.717) is 17.9 Å². The van der Waals surface area contributed by atoms with Crippen molar-refractivity contribution in [2.45, 2.75) is 26.6 Å². The molecule has 2 rings (SSSR count). The second-order valence-electron chi connectivity index (χ2n) is 5.12. The van der Waals surface area contributed by atoms with Gasteiger partial charge in [-0.3, -0.25) is 4.79 Å². The zero-order chi connectivity index (χ0) is 17.5. The van der Waals surface area contributed by atoms with E-state index in [2.05, 4.69) is 10.3 Å². The van der Waals surface area contributed by atoms with Gasteiger partial charge in [-0.15, -0.1) is 0 Å². The molecule has 0 aliphatic heterocycles. The molecule has 0 fully saturated rings. The number of nitrogens with one attached hydrogen (secondary N) is 1. The van der Waals surface area contributed by atoms with Gasteiger partial charge in [-0.1, -0.05) is 6.92 Å². The highest BCUT2D eigenvalue weighted by Crippen LogP contribution is 2.25. The van der Waals surface area contributed by atoms with Gasteiger partial charge in [0.05, 0.1) is 6.61 Å². The number of pyridine rings is 1. The van der Waals surface area contributed by atoms with Crippen molar-refractivity contribution < 1.29 is 24.1 Å². The molecule has 0 aliphatic carbocycles. The van der Waals surface area contributed by atoms with Crippen LogP contribution >= 0.6 is 0 Å². The van der Waals surface area contributed by atoms with Gasteiger partial charge in [0.1, 0.15) is 18.2 Å². The van der Waals surface area contributed by atoms with Gasteiger partial charge in [0, 0.05) is 23.9 Å². The summed E-state index contributed by atoms with van der Waals surface area (Å²) in [7, 11) is 0. The smallest absolute Gasteiger partial charge is 0.273 e. The number of rotatable bonds is 7. The predicted octanol–water partition coefficient (Wildman–Crippen LogP) is 2.14. The summed E-state index contributed by atoms with van der Waals surface area (Å²) in [4.78, 5) is 15.9. The Balaban J connectivity index is 2.17. The first-order chi connectivity index (χ1) is 11.6. The van der Waals surface area contributed by atoms with Gasteiger partial charge in [0.25, 0.3) is 5.91 Å². The van der Waals surface area contributed by atoms with E-state index in [4.69, 9.17) is 4.74 Å². The molecule has 7 heteroatoms. The number of aromatic hydroxyl groups is 1. The van der Waals surface area contributed by atoms with Crippen LogP contribution < -0.4 is 10.1 Å². The lowest BCUT2D eigenvalue weighted by atomic mass is 10.1. The van der Waals surface area contributed by atoms with Crippen molar-refractivity contribution >= 4 is 5.91 Å². The van der Waals surface area contributed by atoms with Crippen LogP contribution in [0.25, 0.3) is 0 Å². The second-order valence-corrected chi connectivity index (χ2v) is 5.12. The van der Waals surface area contributed by atoms with Crippen LogP contribution in [0.15, 0.2) is 30.5 Å². The number of aliphatic hydroxyl groups excluding tert-OH is 1. The quantitative estimate of drug-likeness (QED) is 0.721. The van der Waals surface area contributed by atoms with Gasteiger partial charge in [0.2, 0.25) is 0 Å². The van der Waals surface area contributed by atoms with Crippen LogP contribution in [0.3, 0.4) is 0 Å². The minimum absolute atomic E-state index is 0.0128. The molecule has 0 spiro atoms. The number of carbonyl (C=O) groups is 1. The monoisotopic (exact) mass is 334 g/mol. The third-order valence-electron chi connectivity index (χ3n) is 3.36. The predicted molar refractivity (Wildman–Crippen MR) is 85.2 cm³/mol. The van der Waals surface area contributed by atoms with Gasteiger partial charge in [0.15, 0.2) is 11.4 Å². The van der Waals surface area contributed by atoms with E-state index in [1.807, 2.05) is 6.92 Å². The molecular weight excluding hydrogens is 315 g/mol. The van der Waals surface area contributed by atoms with Crippen LogP contribution in [-0.4, -0.2) is 27.6 Å². The summed E-state index contributed by atoms with van der Waals surface area (Å²) < 4.78 is 18.3. The van der Waals surface area contributed by atoms with Crippen LogP contribution in [0.5, 0.6) is 11.5 Å². The molecule has 0 bridgehead atoms. The van der Waals surface area contributed by atoms with Gasteiger partial charge in [-0.2, -0.15) is 0 Å². The number of nitrogens with zero attached hydrogens (tertiary/aromatic N) is 1. The van der Waals surface area contributed by atoms with E-state index >= 15 is 0 Å². The lowest BCUT2D eigenvalue weighted by Gasteiger charge is -2.13. The molecule has 2 aromatic rings. The Bertz CT molecular complexity index is 704. The van der Waals surface area contributed by atoms with E-state index in [1.165, 1.54) is 30.5 Å². The molecular formula is C17H19FN2O4. The summed E-state index contributed by atoms with van der Waals surface area (Å²) in [5, 5.41) is 22.3. The molecule has 0 saturated heterocycles. The number of ether oxygens (including phenoxy) is 1. The molecule has 1 aromatic heterocycles. The van der Waals surface area contributed by atoms with Crippen LogP contribution in [0.2, 0.25) is 0 Å². The fraction of sp³-hybridized carbons (Fsp3) is 0.294. The maximum Gasteiger partial charge on any atom is 0.273 e. The van der Waals surface area contributed by atoms with Gasteiger partial charge < -0.3 is 20.3 Å². The zero-order valence-electron chi connectivity index (χ0n) is 13.3. The molecule has 1 aromatic carbocycles. The maximum atomic E-state index is 12.9. The molecule has 0 unspecified atom stereocenters. The van der Waals surface area contributed by atoms with E-state index in [-0.39, 0.29) is 29.4 Å². The minimum atomic E-state index is -0.505. The Hall–Kier alpha value is -2.67. The van der Waals surface area contributed by atoms with Gasteiger partial charge in [-0.25, -0.2) is 9.37 Å². The summed E-state index contributed by atoms with van der Waals surface area (Å²) in [5.74, 6) is -0.814. The average Bonchev–Trinajstić information content (AvgIpc) is 2.59. The summed E-state index contributed by atoms with van der Waals surface area (Å²) in [6.45, 7) is 1.91. The lowest BCUT2D eigenvalue weighted by molar-refractivity contribution is 0.0945. The van der Waals surface area contributed by atoms with Crippen LogP contribution in [0.1, 0.15) is 35.0 Å². The molecule has 0 atom stereocenters. The molecule has 1 heterocycles. The Kier molecular flexibility index (Phi) is 6.08. The number of aromatic nitrogens is 1. The van der Waals surface area contributed by atoms with Crippen LogP contribution in [-0.2, 0) is 13.2 Å². The maximum absolute atomic E-state index is 12.9. The molecule has 0 saturated carbocycles. The number of hydrogen-bond acceptors (Lipinski definition) is 5. The molecule has 24 heavy (non-hydrogen) atoms. The fourth-order valence-corrected chi connectivity index (χ4v) is 2.06. The number of amides is 1. The van der Waals surface area contributed by atoms with Crippen LogP contribution in [0.4, 0.5) is 4.39 Å². The first-order valence-electron chi connectivity index (χ1n) is 7.54. The standard InChI is InChI=1S/C17H19FN2O4/c1-2-7-19-17(23)15-16(22)14(9-21)11(8-20-15)10-24-13-5-3-12(18)4-6-13/h3-6,8,21-22H,2,7,9-10H2,1H3,(H,19,23). The zero-order valence-corrected chi connectivity index (χ0v) is 13.3. The van der Waals surface area contributed by atoms with Crippen molar-refractivity contribution in [1.82, 2.24) is 10.3 Å². The van der Waals surface area contributed by atoms with Gasteiger partial charge >= 0.3 is 0 Å². The molecule has 0 radical (unpaired) electrons. The summed E-state index contributed by atoms with van der Waals surface area (Å²) in [5.41, 5.74) is 0.471. The fourth-order valence-electron chi connectivity index (χ4n) is 2.06. The first kappa shape index (κ1) is 17.7. The highest BCUT2D eigenvalue weighted by atomic mass is 19.1. The van der Waals surface area contributed by atoms with Crippen LogP contribution in [0, 0.1) is 5.82 Å². The van der Waals surface area contributed by atoms with Crippen molar-refractivity contribution in [1.29, 1.82) is 0 Å². The van der Waals surface area contributed by atoms with Crippen molar-refractivity contribution in [3.05, 3.63) is 53.1 Å². The minimum Gasteiger partial charge on any atom is -0.505 e. The number of carbonyl (C=O) groups excluding carboxylic acids is 1. The third-order valence-corrected chi connectivity index (χ3v) is 3.36. The van der Waals surface area contributed by atoms with E-state index in [1.54, 1.807) is 0 Å². The Morgan fingerprint density at radius 2 is 2.04 bits per heavy atom. The Labute approximate surface area is 138 Å². The SMILES string of the molecule is CCCNC(=O)c1ncc(COc2ccc(F)cc2)c(CO)c1O. The van der Waals surface area contributed by atoms with Crippen molar-refractivity contribution in [3.63, 3.8) is 0 Å². The molecule has 6 nitrogen and oxygen atoms in total. The number of halogens is 1. The lowest BCUT2D eigenvalue weighted by Crippen LogP contribution is -2.25. The highest BCUT2D eigenvalue weighted by Gasteiger charge is 2.19. The Morgan fingerprint density at radius 1 is 1.33 bits per heavy atom. The largest absolute Gasteiger partial charge is 0.505 e. The van der Waals surface area contributed by atoms with Gasteiger partial charge in [-0.05, 0) is 30.7 Å². The van der Waals surface area contributed by atoms with E-state index in [9.17, 15) is 19.4 Å². The third kappa shape index (κ3) is 4.20. The second kappa shape index (κ2) is 8.26.